The summed E-state index contributed by atoms with van der Waals surface area (Å²) in [7, 11) is 0. The largest absolute Gasteiger partial charge is 0.206 e. The number of aryl methyl sites for hydroxylation is 2. The number of alkyl halides is 1. The lowest BCUT2D eigenvalue weighted by Crippen LogP contribution is -1.88. The van der Waals surface area contributed by atoms with Crippen molar-refractivity contribution < 1.29 is 4.39 Å². The molecular formula is C12H14BrF. The van der Waals surface area contributed by atoms with Crippen molar-refractivity contribution in [1.82, 2.24) is 0 Å². The van der Waals surface area contributed by atoms with E-state index in [-0.39, 0.29) is 5.82 Å². The Bertz CT molecular complexity index is 319. The molecule has 76 valence electrons. The van der Waals surface area contributed by atoms with E-state index in [4.69, 9.17) is 0 Å². The molecule has 0 unspecified atom stereocenters. The van der Waals surface area contributed by atoms with Crippen LogP contribution in [0.4, 0.5) is 4.39 Å². The first-order valence-electron chi connectivity index (χ1n) is 4.64. The molecular weight excluding hydrogens is 243 g/mol. The molecule has 0 radical (unpaired) electrons. The summed E-state index contributed by atoms with van der Waals surface area (Å²) < 4.78 is 13.3. The predicted octanol–water partition coefficient (Wildman–Crippen LogP) is 4.24. The van der Waals surface area contributed by atoms with Crippen molar-refractivity contribution >= 4 is 22.0 Å². The molecule has 0 nitrogen and oxygen atoms in total. The summed E-state index contributed by atoms with van der Waals surface area (Å²) in [5, 5.41) is 0.961. The smallest absolute Gasteiger partial charge is 0.129 e. The fraction of sp³-hybridized carbons (Fsp3) is 0.333. The van der Waals surface area contributed by atoms with Gasteiger partial charge in [0.15, 0.2) is 0 Å². The third kappa shape index (κ3) is 2.95. The van der Waals surface area contributed by atoms with Gasteiger partial charge in [0.2, 0.25) is 0 Å². The molecule has 2 heteroatoms. The van der Waals surface area contributed by atoms with Gasteiger partial charge in [0.25, 0.3) is 0 Å². The van der Waals surface area contributed by atoms with Gasteiger partial charge in [0, 0.05) is 5.33 Å². The number of hydrogen-bond acceptors (Lipinski definition) is 0. The highest BCUT2D eigenvalue weighted by atomic mass is 79.9. The molecule has 1 aromatic carbocycles. The van der Waals surface area contributed by atoms with Crippen molar-refractivity contribution in [2.45, 2.75) is 20.3 Å². The average Bonchev–Trinajstić information content (AvgIpc) is 2.14. The minimum atomic E-state index is -0.0948. The zero-order chi connectivity index (χ0) is 10.6. The highest BCUT2D eigenvalue weighted by Crippen LogP contribution is 2.15. The monoisotopic (exact) mass is 256 g/mol. The maximum absolute atomic E-state index is 13.3. The van der Waals surface area contributed by atoms with Gasteiger partial charge in [0.05, 0.1) is 0 Å². The van der Waals surface area contributed by atoms with E-state index in [0.29, 0.717) is 11.1 Å². The number of rotatable bonds is 3. The van der Waals surface area contributed by atoms with Crippen LogP contribution < -0.4 is 0 Å². The van der Waals surface area contributed by atoms with Crippen LogP contribution in [0.25, 0.3) is 6.08 Å². The highest BCUT2D eigenvalue weighted by Gasteiger charge is 2.01. The first kappa shape index (κ1) is 11.4. The SMILES string of the molecule is Cc1cc(C=CCCBr)cc(C)c1F. The lowest BCUT2D eigenvalue weighted by Gasteiger charge is -2.02. The van der Waals surface area contributed by atoms with Gasteiger partial charge in [-0.25, -0.2) is 4.39 Å². The fourth-order valence-electron chi connectivity index (χ4n) is 1.36. The first-order valence-corrected chi connectivity index (χ1v) is 5.76. The number of allylic oxidation sites excluding steroid dienone is 1. The standard InChI is InChI=1S/C12H14BrF/c1-9-7-11(5-3-4-6-13)8-10(2)12(9)14/h3,5,7-8H,4,6H2,1-2H3. The molecule has 0 aliphatic rings. The summed E-state index contributed by atoms with van der Waals surface area (Å²) in [5.74, 6) is -0.0948. The summed E-state index contributed by atoms with van der Waals surface area (Å²) in [5.41, 5.74) is 2.49. The predicted molar refractivity (Wildman–Crippen MR) is 63.3 cm³/mol. The van der Waals surface area contributed by atoms with Gasteiger partial charge in [-0.3, -0.25) is 0 Å². The van der Waals surface area contributed by atoms with Crippen LogP contribution in [-0.4, -0.2) is 5.33 Å². The second-order valence-electron chi connectivity index (χ2n) is 3.35. The van der Waals surface area contributed by atoms with Crippen molar-refractivity contribution in [1.29, 1.82) is 0 Å². The Morgan fingerprint density at radius 3 is 2.36 bits per heavy atom. The van der Waals surface area contributed by atoms with E-state index in [0.717, 1.165) is 17.3 Å². The van der Waals surface area contributed by atoms with Crippen LogP contribution in [0.3, 0.4) is 0 Å². The number of hydrogen-bond donors (Lipinski definition) is 0. The highest BCUT2D eigenvalue weighted by molar-refractivity contribution is 9.09. The van der Waals surface area contributed by atoms with Crippen LogP contribution in [0.2, 0.25) is 0 Å². The zero-order valence-electron chi connectivity index (χ0n) is 8.48. The van der Waals surface area contributed by atoms with Crippen molar-refractivity contribution in [2.75, 3.05) is 5.33 Å². The quantitative estimate of drug-likeness (QED) is 0.710. The van der Waals surface area contributed by atoms with E-state index in [1.807, 2.05) is 18.2 Å². The van der Waals surface area contributed by atoms with Gasteiger partial charge in [-0.1, -0.05) is 28.1 Å². The summed E-state index contributed by atoms with van der Waals surface area (Å²) in [6.07, 6.45) is 5.11. The van der Waals surface area contributed by atoms with E-state index in [1.54, 1.807) is 13.8 Å². The van der Waals surface area contributed by atoms with Gasteiger partial charge in [-0.15, -0.1) is 0 Å². The Morgan fingerprint density at radius 1 is 1.29 bits per heavy atom. The molecule has 0 aliphatic carbocycles. The lowest BCUT2D eigenvalue weighted by atomic mass is 10.1. The summed E-state index contributed by atoms with van der Waals surface area (Å²) in [6.45, 7) is 3.59. The average molecular weight is 257 g/mol. The molecule has 1 rings (SSSR count). The van der Waals surface area contributed by atoms with E-state index >= 15 is 0 Å². The summed E-state index contributed by atoms with van der Waals surface area (Å²) in [6, 6.07) is 3.74. The van der Waals surface area contributed by atoms with Crippen LogP contribution in [0.1, 0.15) is 23.1 Å². The van der Waals surface area contributed by atoms with Crippen molar-refractivity contribution in [3.8, 4) is 0 Å². The minimum absolute atomic E-state index is 0.0948. The van der Waals surface area contributed by atoms with Crippen LogP contribution in [0, 0.1) is 19.7 Å². The first-order chi connectivity index (χ1) is 6.65. The summed E-state index contributed by atoms with van der Waals surface area (Å²) in [4.78, 5) is 0. The van der Waals surface area contributed by atoms with Gasteiger partial charge in [0.1, 0.15) is 5.82 Å². The molecule has 14 heavy (non-hydrogen) atoms. The Balaban J connectivity index is 2.89. The Kier molecular flexibility index (Phi) is 4.33. The maximum Gasteiger partial charge on any atom is 0.129 e. The van der Waals surface area contributed by atoms with Gasteiger partial charge in [-0.2, -0.15) is 0 Å². The van der Waals surface area contributed by atoms with Crippen LogP contribution in [0.15, 0.2) is 18.2 Å². The van der Waals surface area contributed by atoms with E-state index in [1.165, 1.54) is 0 Å². The van der Waals surface area contributed by atoms with Crippen molar-refractivity contribution in [3.05, 3.63) is 40.7 Å². The Hall–Kier alpha value is -0.630. The zero-order valence-corrected chi connectivity index (χ0v) is 10.1. The minimum Gasteiger partial charge on any atom is -0.206 e. The molecule has 0 atom stereocenters. The number of halogens is 2. The van der Waals surface area contributed by atoms with Crippen LogP contribution >= 0.6 is 15.9 Å². The second-order valence-corrected chi connectivity index (χ2v) is 4.14. The molecule has 0 bridgehead atoms. The van der Waals surface area contributed by atoms with Crippen LogP contribution in [-0.2, 0) is 0 Å². The molecule has 0 spiro atoms. The molecule has 0 aromatic heterocycles. The molecule has 0 amide bonds. The molecule has 0 saturated carbocycles. The van der Waals surface area contributed by atoms with E-state index in [2.05, 4.69) is 22.0 Å². The van der Waals surface area contributed by atoms with Gasteiger partial charge in [-0.05, 0) is 49.1 Å². The van der Waals surface area contributed by atoms with Crippen molar-refractivity contribution in [2.24, 2.45) is 0 Å². The van der Waals surface area contributed by atoms with E-state index in [9.17, 15) is 4.39 Å². The maximum atomic E-state index is 13.3. The Labute approximate surface area is 93.0 Å². The third-order valence-electron chi connectivity index (χ3n) is 2.04. The van der Waals surface area contributed by atoms with Crippen molar-refractivity contribution in [3.63, 3.8) is 0 Å². The number of benzene rings is 1. The van der Waals surface area contributed by atoms with Crippen LogP contribution in [0.5, 0.6) is 0 Å². The molecule has 0 fully saturated rings. The van der Waals surface area contributed by atoms with E-state index < -0.39 is 0 Å². The van der Waals surface area contributed by atoms with Gasteiger partial charge >= 0.3 is 0 Å². The molecule has 0 heterocycles. The fourth-order valence-corrected chi connectivity index (χ4v) is 1.62. The molecule has 0 N–H and O–H groups in total. The second kappa shape index (κ2) is 5.30. The molecule has 0 aliphatic heterocycles. The Morgan fingerprint density at radius 2 is 1.86 bits per heavy atom. The topological polar surface area (TPSA) is 0 Å². The molecule has 1 aromatic rings. The molecule has 0 saturated heterocycles. The third-order valence-corrected chi connectivity index (χ3v) is 2.50. The normalized spacial score (nSPS) is 11.1. The summed E-state index contributed by atoms with van der Waals surface area (Å²) >= 11 is 3.35. The lowest BCUT2D eigenvalue weighted by molar-refractivity contribution is 0.609. The van der Waals surface area contributed by atoms with Gasteiger partial charge < -0.3 is 0 Å².